The molecule has 5 heteroatoms. The van der Waals surface area contributed by atoms with Gasteiger partial charge < -0.3 is 10.2 Å². The van der Waals surface area contributed by atoms with Gasteiger partial charge in [-0.15, -0.1) is 12.4 Å². The predicted molar refractivity (Wildman–Crippen MR) is 88.0 cm³/mol. The highest BCUT2D eigenvalue weighted by molar-refractivity contribution is 6.30. The van der Waals surface area contributed by atoms with Gasteiger partial charge in [-0.25, -0.2) is 0 Å². The minimum absolute atomic E-state index is 0. The molecular weight excluding hydrogens is 307 g/mol. The third-order valence-corrected chi connectivity index (χ3v) is 4.67. The van der Waals surface area contributed by atoms with E-state index >= 15 is 0 Å². The van der Waals surface area contributed by atoms with Gasteiger partial charge in [0.2, 0.25) is 5.91 Å². The van der Waals surface area contributed by atoms with Crippen molar-refractivity contribution in [1.29, 1.82) is 0 Å². The van der Waals surface area contributed by atoms with Crippen molar-refractivity contribution in [3.05, 3.63) is 34.9 Å². The molecule has 0 aliphatic carbocycles. The van der Waals surface area contributed by atoms with Crippen LogP contribution in [0.4, 0.5) is 0 Å². The summed E-state index contributed by atoms with van der Waals surface area (Å²) in [6, 6.07) is 8.21. The Morgan fingerprint density at radius 3 is 2.48 bits per heavy atom. The third-order valence-electron chi connectivity index (χ3n) is 4.42. The molecule has 0 radical (unpaired) electrons. The van der Waals surface area contributed by atoms with Crippen molar-refractivity contribution in [1.82, 2.24) is 10.2 Å². The second kappa shape index (κ2) is 7.48. The molecule has 1 aromatic rings. The maximum Gasteiger partial charge on any atom is 0.228 e. The molecule has 2 fully saturated rings. The molecule has 2 heterocycles. The highest BCUT2D eigenvalue weighted by atomic mass is 35.5. The van der Waals surface area contributed by atoms with Crippen LogP contribution in [0, 0.1) is 5.92 Å². The van der Waals surface area contributed by atoms with Crippen LogP contribution >= 0.6 is 24.0 Å². The summed E-state index contributed by atoms with van der Waals surface area (Å²) in [6.45, 7) is 2.56. The molecule has 1 atom stereocenters. The molecule has 3 nitrogen and oxygen atoms in total. The average molecular weight is 329 g/mol. The lowest BCUT2D eigenvalue weighted by atomic mass is 9.97. The predicted octanol–water partition coefficient (Wildman–Crippen LogP) is 3.42. The number of benzene rings is 1. The van der Waals surface area contributed by atoms with Crippen LogP contribution in [0.25, 0.3) is 0 Å². The molecule has 1 N–H and O–H groups in total. The first-order valence-corrected chi connectivity index (χ1v) is 7.90. The fraction of sp³-hybridized carbons (Fsp3) is 0.562. The molecule has 21 heavy (non-hydrogen) atoms. The van der Waals surface area contributed by atoms with E-state index in [1.54, 1.807) is 0 Å². The first kappa shape index (κ1) is 16.6. The van der Waals surface area contributed by atoms with Gasteiger partial charge in [0, 0.05) is 24.7 Å². The Balaban J connectivity index is 0.00000161. The lowest BCUT2D eigenvalue weighted by molar-refractivity contribution is -0.139. The van der Waals surface area contributed by atoms with Crippen molar-refractivity contribution in [2.24, 2.45) is 5.92 Å². The number of carbonyl (C=O) groups excluding carboxylic acids is 1. The van der Waals surface area contributed by atoms with E-state index in [4.69, 9.17) is 11.6 Å². The van der Waals surface area contributed by atoms with Gasteiger partial charge in [0.15, 0.2) is 0 Å². The molecule has 2 aliphatic rings. The number of nitrogens with one attached hydrogen (secondary N) is 1. The van der Waals surface area contributed by atoms with E-state index in [-0.39, 0.29) is 24.4 Å². The van der Waals surface area contributed by atoms with Crippen molar-refractivity contribution < 1.29 is 4.79 Å². The monoisotopic (exact) mass is 328 g/mol. The lowest BCUT2D eigenvalue weighted by Crippen LogP contribution is -2.52. The Kier molecular flexibility index (Phi) is 5.91. The van der Waals surface area contributed by atoms with Crippen molar-refractivity contribution in [2.45, 2.75) is 31.7 Å². The number of rotatable bonds is 2. The molecule has 0 bridgehead atoms. The van der Waals surface area contributed by atoms with Crippen LogP contribution in [-0.2, 0) is 4.79 Å². The summed E-state index contributed by atoms with van der Waals surface area (Å²) in [5, 5.41) is 3.95. The highest BCUT2D eigenvalue weighted by Crippen LogP contribution is 2.32. The van der Waals surface area contributed by atoms with Gasteiger partial charge in [-0.2, -0.15) is 0 Å². The van der Waals surface area contributed by atoms with Gasteiger partial charge >= 0.3 is 0 Å². The molecule has 116 valence electrons. The summed E-state index contributed by atoms with van der Waals surface area (Å²) in [5.74, 6) is 0.508. The third kappa shape index (κ3) is 3.71. The molecule has 2 saturated heterocycles. The number of hydrogen-bond donors (Lipinski definition) is 1. The van der Waals surface area contributed by atoms with E-state index in [1.807, 2.05) is 12.1 Å². The summed E-state index contributed by atoms with van der Waals surface area (Å²) < 4.78 is 0. The number of carbonyl (C=O) groups is 1. The topological polar surface area (TPSA) is 32.3 Å². The first-order valence-electron chi connectivity index (χ1n) is 7.52. The molecule has 2 aliphatic heterocycles. The zero-order chi connectivity index (χ0) is 13.9. The van der Waals surface area contributed by atoms with Crippen LogP contribution in [0.1, 0.15) is 37.3 Å². The Labute approximate surface area is 137 Å². The largest absolute Gasteiger partial charge is 0.335 e. The fourth-order valence-electron chi connectivity index (χ4n) is 3.10. The first-order chi connectivity index (χ1) is 9.75. The van der Waals surface area contributed by atoms with Crippen molar-refractivity contribution in [3.63, 3.8) is 0 Å². The number of amides is 1. The van der Waals surface area contributed by atoms with Gasteiger partial charge in [-0.05, 0) is 30.5 Å². The van der Waals surface area contributed by atoms with Crippen LogP contribution in [-0.4, -0.2) is 30.4 Å². The molecule has 1 aromatic carbocycles. The van der Waals surface area contributed by atoms with E-state index < -0.39 is 0 Å². The van der Waals surface area contributed by atoms with E-state index in [1.165, 1.54) is 18.4 Å². The molecule has 1 amide bonds. The van der Waals surface area contributed by atoms with E-state index in [9.17, 15) is 4.79 Å². The van der Waals surface area contributed by atoms with Gasteiger partial charge in [-0.1, -0.05) is 36.6 Å². The quantitative estimate of drug-likeness (QED) is 0.902. The van der Waals surface area contributed by atoms with Crippen molar-refractivity contribution in [2.75, 3.05) is 19.6 Å². The van der Waals surface area contributed by atoms with Gasteiger partial charge in [0.1, 0.15) is 0 Å². The van der Waals surface area contributed by atoms with Crippen LogP contribution < -0.4 is 5.32 Å². The number of halogens is 2. The molecule has 0 spiro atoms. The average Bonchev–Trinajstić information content (AvgIpc) is 2.63. The van der Waals surface area contributed by atoms with Gasteiger partial charge in [0.05, 0.1) is 12.0 Å². The molecular formula is C16H22Cl2N2O. The minimum Gasteiger partial charge on any atom is -0.335 e. The van der Waals surface area contributed by atoms with Crippen LogP contribution in [0.5, 0.6) is 0 Å². The van der Waals surface area contributed by atoms with E-state index in [0.29, 0.717) is 5.91 Å². The highest BCUT2D eigenvalue weighted by Gasteiger charge is 2.34. The second-order valence-electron chi connectivity index (χ2n) is 5.80. The zero-order valence-electron chi connectivity index (χ0n) is 12.1. The summed E-state index contributed by atoms with van der Waals surface area (Å²) in [6.07, 6.45) is 4.60. The summed E-state index contributed by atoms with van der Waals surface area (Å²) >= 11 is 5.97. The molecule has 1 unspecified atom stereocenters. The Morgan fingerprint density at radius 1 is 1.14 bits per heavy atom. The lowest BCUT2D eigenvalue weighted by Gasteiger charge is -2.36. The Hall–Kier alpha value is -0.770. The maximum atomic E-state index is 12.6. The normalized spacial score (nSPS) is 22.9. The maximum absolute atomic E-state index is 12.6. The zero-order valence-corrected chi connectivity index (χ0v) is 13.6. The number of nitrogens with zero attached hydrogens (tertiary/aromatic N) is 1. The second-order valence-corrected chi connectivity index (χ2v) is 6.24. The van der Waals surface area contributed by atoms with Gasteiger partial charge in [0.25, 0.3) is 0 Å². The standard InChI is InChI=1S/C16H21ClN2O.ClH/c17-14-7-5-12(6-8-14)15-4-2-1-3-9-19(15)16(20)13-10-18-11-13;/h5-8,13,15,18H,1-4,9-11H2;1H. The SMILES string of the molecule is Cl.O=C(C1CNC1)N1CCCCCC1c1ccc(Cl)cc1. The van der Waals surface area contributed by atoms with E-state index in [0.717, 1.165) is 37.5 Å². The number of hydrogen-bond acceptors (Lipinski definition) is 2. The Bertz CT molecular complexity index is 474. The van der Waals surface area contributed by atoms with Crippen LogP contribution in [0.2, 0.25) is 5.02 Å². The summed E-state index contributed by atoms with van der Waals surface area (Å²) in [5.41, 5.74) is 1.22. The van der Waals surface area contributed by atoms with Crippen LogP contribution in [0.15, 0.2) is 24.3 Å². The molecule has 0 aromatic heterocycles. The fourth-order valence-corrected chi connectivity index (χ4v) is 3.23. The van der Waals surface area contributed by atoms with Crippen molar-refractivity contribution in [3.8, 4) is 0 Å². The summed E-state index contributed by atoms with van der Waals surface area (Å²) in [7, 11) is 0. The van der Waals surface area contributed by atoms with Crippen LogP contribution in [0.3, 0.4) is 0 Å². The smallest absolute Gasteiger partial charge is 0.228 e. The van der Waals surface area contributed by atoms with Gasteiger partial charge in [-0.3, -0.25) is 4.79 Å². The minimum atomic E-state index is 0. The summed E-state index contributed by atoms with van der Waals surface area (Å²) in [4.78, 5) is 14.8. The number of likely N-dealkylation sites (tertiary alicyclic amines) is 1. The Morgan fingerprint density at radius 2 is 1.86 bits per heavy atom. The molecule has 3 rings (SSSR count). The molecule has 0 saturated carbocycles. The van der Waals surface area contributed by atoms with E-state index in [2.05, 4.69) is 22.3 Å². The van der Waals surface area contributed by atoms with Crippen molar-refractivity contribution >= 4 is 29.9 Å².